The molecular formula is C16H24N2O3S. The van der Waals surface area contributed by atoms with Crippen LogP contribution >= 0.6 is 0 Å². The van der Waals surface area contributed by atoms with Crippen molar-refractivity contribution in [2.45, 2.75) is 32.1 Å². The molecule has 1 aromatic carbocycles. The van der Waals surface area contributed by atoms with Gasteiger partial charge in [-0.1, -0.05) is 0 Å². The second kappa shape index (κ2) is 5.74. The number of ether oxygens (including phenoxy) is 1. The highest BCUT2D eigenvalue weighted by Gasteiger charge is 2.43. The normalized spacial score (nSPS) is 20.2. The summed E-state index contributed by atoms with van der Waals surface area (Å²) in [6, 6.07) is 5.95. The molecule has 0 bridgehead atoms. The third kappa shape index (κ3) is 2.70. The Bertz CT molecular complexity index is 651. The van der Waals surface area contributed by atoms with Crippen LogP contribution in [0.3, 0.4) is 0 Å². The molecule has 1 saturated heterocycles. The van der Waals surface area contributed by atoms with E-state index in [0.29, 0.717) is 5.69 Å². The van der Waals surface area contributed by atoms with E-state index in [1.165, 1.54) is 11.3 Å². The summed E-state index contributed by atoms with van der Waals surface area (Å²) in [6.07, 6.45) is 2.00. The predicted octanol–water partition coefficient (Wildman–Crippen LogP) is 2.34. The van der Waals surface area contributed by atoms with Crippen LogP contribution in [0.2, 0.25) is 0 Å². The van der Waals surface area contributed by atoms with Gasteiger partial charge >= 0.3 is 0 Å². The van der Waals surface area contributed by atoms with Gasteiger partial charge in [0.25, 0.3) is 0 Å². The predicted molar refractivity (Wildman–Crippen MR) is 89.1 cm³/mol. The summed E-state index contributed by atoms with van der Waals surface area (Å²) in [4.78, 5) is 2.39. The quantitative estimate of drug-likeness (QED) is 0.923. The molecule has 0 atom stereocenters. The Kier molecular flexibility index (Phi) is 4.07. The second-order valence-electron chi connectivity index (χ2n) is 6.14. The molecule has 1 spiro atoms. The van der Waals surface area contributed by atoms with Crippen LogP contribution in [0.5, 0.6) is 0 Å². The van der Waals surface area contributed by atoms with Crippen LogP contribution in [-0.2, 0) is 20.2 Å². The summed E-state index contributed by atoms with van der Waals surface area (Å²) in [5, 5.41) is 0. The van der Waals surface area contributed by atoms with E-state index in [1.807, 2.05) is 12.1 Å². The minimum atomic E-state index is -3.24. The van der Waals surface area contributed by atoms with E-state index in [0.717, 1.165) is 39.1 Å². The van der Waals surface area contributed by atoms with Gasteiger partial charge in [0.15, 0.2) is 0 Å². The van der Waals surface area contributed by atoms with Crippen molar-refractivity contribution in [3.63, 3.8) is 0 Å². The molecule has 1 aromatic rings. The van der Waals surface area contributed by atoms with Gasteiger partial charge < -0.3 is 9.64 Å². The van der Waals surface area contributed by atoms with Crippen LogP contribution in [0.15, 0.2) is 18.2 Å². The fraction of sp³-hybridized carbons (Fsp3) is 0.625. The first-order chi connectivity index (χ1) is 10.5. The van der Waals surface area contributed by atoms with Crippen LogP contribution < -0.4 is 9.62 Å². The fourth-order valence-electron chi connectivity index (χ4n) is 3.56. The molecule has 0 aromatic heterocycles. The lowest BCUT2D eigenvalue weighted by molar-refractivity contribution is 0.0554. The summed E-state index contributed by atoms with van der Waals surface area (Å²) >= 11 is 0. The number of sulfonamides is 1. The average Bonchev–Trinajstić information content (AvgIpc) is 2.81. The number of hydrogen-bond donors (Lipinski definition) is 1. The molecular weight excluding hydrogens is 300 g/mol. The maximum absolute atomic E-state index is 11.8. The number of benzene rings is 1. The number of anilines is 2. The number of nitrogens with one attached hydrogen (secondary N) is 1. The molecule has 3 rings (SSSR count). The Balaban J connectivity index is 1.99. The highest BCUT2D eigenvalue weighted by molar-refractivity contribution is 7.92. The first-order valence-corrected chi connectivity index (χ1v) is 9.62. The molecule has 0 aliphatic carbocycles. The fourth-order valence-corrected chi connectivity index (χ4v) is 4.19. The lowest BCUT2D eigenvalue weighted by Crippen LogP contribution is -2.38. The lowest BCUT2D eigenvalue weighted by Gasteiger charge is -2.34. The minimum Gasteiger partial charge on any atom is -0.381 e. The lowest BCUT2D eigenvalue weighted by atomic mass is 9.76. The highest BCUT2D eigenvalue weighted by Crippen LogP contribution is 2.47. The molecule has 1 fully saturated rings. The van der Waals surface area contributed by atoms with Crippen molar-refractivity contribution < 1.29 is 13.2 Å². The first kappa shape index (κ1) is 15.6. The summed E-state index contributed by atoms with van der Waals surface area (Å²) in [6.45, 7) is 7.34. The Labute approximate surface area is 132 Å². The van der Waals surface area contributed by atoms with Gasteiger partial charge in [0.2, 0.25) is 10.0 Å². The third-order valence-corrected chi connectivity index (χ3v) is 6.19. The molecule has 0 unspecified atom stereocenters. The van der Waals surface area contributed by atoms with Crippen molar-refractivity contribution in [1.29, 1.82) is 0 Å². The maximum atomic E-state index is 11.8. The average molecular weight is 324 g/mol. The molecule has 6 heteroatoms. The van der Waals surface area contributed by atoms with Crippen molar-refractivity contribution in [2.24, 2.45) is 0 Å². The molecule has 122 valence electrons. The van der Waals surface area contributed by atoms with E-state index in [1.54, 1.807) is 6.92 Å². The highest BCUT2D eigenvalue weighted by atomic mass is 32.2. The van der Waals surface area contributed by atoms with E-state index < -0.39 is 10.0 Å². The Hall–Kier alpha value is -1.27. The molecule has 5 nitrogen and oxygen atoms in total. The smallest absolute Gasteiger partial charge is 0.232 e. The van der Waals surface area contributed by atoms with Crippen LogP contribution in [-0.4, -0.2) is 40.5 Å². The van der Waals surface area contributed by atoms with Gasteiger partial charge in [-0.3, -0.25) is 4.72 Å². The van der Waals surface area contributed by atoms with E-state index in [4.69, 9.17) is 4.74 Å². The number of fused-ring (bicyclic) bond motifs is 2. The topological polar surface area (TPSA) is 58.6 Å². The molecule has 2 aliphatic heterocycles. The summed E-state index contributed by atoms with van der Waals surface area (Å²) in [7, 11) is -3.24. The zero-order valence-corrected chi connectivity index (χ0v) is 14.1. The van der Waals surface area contributed by atoms with Crippen LogP contribution in [0.4, 0.5) is 11.4 Å². The monoisotopic (exact) mass is 324 g/mol. The van der Waals surface area contributed by atoms with Gasteiger partial charge in [0.05, 0.1) is 5.75 Å². The van der Waals surface area contributed by atoms with Crippen LogP contribution in [0, 0.1) is 0 Å². The van der Waals surface area contributed by atoms with Gasteiger partial charge in [0.1, 0.15) is 0 Å². The Morgan fingerprint density at radius 1 is 1.27 bits per heavy atom. The molecule has 0 amide bonds. The third-order valence-electron chi connectivity index (χ3n) is 4.89. The van der Waals surface area contributed by atoms with Crippen molar-refractivity contribution >= 4 is 21.4 Å². The van der Waals surface area contributed by atoms with E-state index in [9.17, 15) is 8.42 Å². The van der Waals surface area contributed by atoms with Crippen molar-refractivity contribution in [1.82, 2.24) is 0 Å². The number of nitrogens with zero attached hydrogens (tertiary/aromatic N) is 1. The SMILES string of the molecule is CCN1CC2(CCOCC2)c2cc(NS(=O)(=O)CC)ccc21. The van der Waals surface area contributed by atoms with Gasteiger partial charge in [-0.15, -0.1) is 0 Å². The Morgan fingerprint density at radius 3 is 2.64 bits per heavy atom. The minimum absolute atomic E-state index is 0.0875. The van der Waals surface area contributed by atoms with Crippen LogP contribution in [0.25, 0.3) is 0 Å². The zero-order chi connectivity index (χ0) is 15.8. The van der Waals surface area contributed by atoms with Crippen molar-refractivity contribution in [3.8, 4) is 0 Å². The molecule has 2 aliphatic rings. The van der Waals surface area contributed by atoms with Gasteiger partial charge in [0, 0.05) is 43.1 Å². The first-order valence-electron chi connectivity index (χ1n) is 7.97. The summed E-state index contributed by atoms with van der Waals surface area (Å²) < 4.78 is 31.8. The van der Waals surface area contributed by atoms with Gasteiger partial charge in [-0.25, -0.2) is 8.42 Å². The molecule has 0 radical (unpaired) electrons. The van der Waals surface area contributed by atoms with Crippen molar-refractivity contribution in [2.75, 3.05) is 41.7 Å². The molecule has 2 heterocycles. The van der Waals surface area contributed by atoms with Gasteiger partial charge in [-0.2, -0.15) is 0 Å². The maximum Gasteiger partial charge on any atom is 0.232 e. The van der Waals surface area contributed by atoms with Gasteiger partial charge in [-0.05, 0) is 50.5 Å². The van der Waals surface area contributed by atoms with Crippen molar-refractivity contribution in [3.05, 3.63) is 23.8 Å². The summed E-state index contributed by atoms with van der Waals surface area (Å²) in [5.74, 6) is 0.0875. The largest absolute Gasteiger partial charge is 0.381 e. The number of hydrogen-bond acceptors (Lipinski definition) is 4. The molecule has 22 heavy (non-hydrogen) atoms. The van der Waals surface area contributed by atoms with E-state index in [2.05, 4.69) is 22.6 Å². The van der Waals surface area contributed by atoms with E-state index in [-0.39, 0.29) is 11.2 Å². The zero-order valence-electron chi connectivity index (χ0n) is 13.3. The van der Waals surface area contributed by atoms with E-state index >= 15 is 0 Å². The Morgan fingerprint density at radius 2 is 2.00 bits per heavy atom. The molecule has 1 N–H and O–H groups in total. The number of rotatable bonds is 4. The standard InChI is InChI=1S/C16H24N2O3S/c1-3-18-12-16(7-9-21-10-8-16)14-11-13(5-6-15(14)18)17-22(19,20)4-2/h5-6,11,17H,3-4,7-10,12H2,1-2H3. The molecule has 0 saturated carbocycles. The number of likely N-dealkylation sites (N-methyl/N-ethyl adjacent to an activating group) is 1. The second-order valence-corrected chi connectivity index (χ2v) is 8.16. The summed E-state index contributed by atoms with van der Waals surface area (Å²) in [5.41, 5.74) is 3.29. The van der Waals surface area contributed by atoms with Crippen LogP contribution in [0.1, 0.15) is 32.3 Å².